The van der Waals surface area contributed by atoms with E-state index in [0.717, 1.165) is 44.9 Å². The fraction of sp³-hybridized carbons (Fsp3) is 0.500. The molecule has 1 N–H and O–H groups in total. The van der Waals surface area contributed by atoms with Crippen LogP contribution in [0.25, 0.3) is 0 Å². The van der Waals surface area contributed by atoms with E-state index in [2.05, 4.69) is 55.4 Å². The Bertz CT molecular complexity index is 1090. The topological polar surface area (TPSA) is 70.8 Å². The fourth-order valence-electron chi connectivity index (χ4n) is 6.36. The minimum atomic E-state index is -0.789. The van der Waals surface area contributed by atoms with Crippen LogP contribution in [-0.2, 0) is 5.54 Å². The van der Waals surface area contributed by atoms with Crippen molar-refractivity contribution in [1.82, 2.24) is 9.80 Å². The molecule has 0 atom stereocenters. The van der Waals surface area contributed by atoms with Crippen LogP contribution in [0.5, 0.6) is 0 Å². The first-order valence-corrected chi connectivity index (χ1v) is 12.4. The predicted octanol–water partition coefficient (Wildman–Crippen LogP) is 4.49. The molecule has 178 valence electrons. The Morgan fingerprint density at radius 3 is 2.21 bits per heavy atom. The van der Waals surface area contributed by atoms with E-state index in [4.69, 9.17) is 0 Å². The van der Waals surface area contributed by atoms with E-state index in [-0.39, 0.29) is 17.1 Å². The van der Waals surface area contributed by atoms with Gasteiger partial charge in [-0.15, -0.1) is 0 Å². The highest BCUT2D eigenvalue weighted by Crippen LogP contribution is 2.50. The monoisotopic (exact) mass is 458 g/mol. The molecule has 0 bridgehead atoms. The molecule has 6 heteroatoms. The number of carbonyl (C=O) groups is 1. The number of β-amino-alcohol motifs (C(OH)–C–C–N with tert-alkyl or cyclic N) is 1. The second-order valence-electron chi connectivity index (χ2n) is 10.7. The molecule has 2 saturated carbocycles. The Morgan fingerprint density at radius 2 is 1.62 bits per heavy atom. The second kappa shape index (κ2) is 8.41. The summed E-state index contributed by atoms with van der Waals surface area (Å²) in [4.78, 5) is 19.9. The molecule has 2 aromatic carbocycles. The molecule has 3 aliphatic rings. The minimum Gasteiger partial charge on any atom is -0.388 e. The van der Waals surface area contributed by atoms with Crippen LogP contribution < -0.4 is 4.90 Å². The van der Waals surface area contributed by atoms with Gasteiger partial charge < -0.3 is 10.0 Å². The van der Waals surface area contributed by atoms with Gasteiger partial charge in [-0.25, -0.2) is 4.79 Å². The third-order valence-corrected chi connectivity index (χ3v) is 8.71. The number of rotatable bonds is 5. The standard InChI is InChI=1S/C28H34N4O2/c1-30(2)28(23-10-4-3-5-11-23)17-15-26(16-18-28)20-31(24-12-7-6-9-22(24)19-29)25(33)32(26)21-27(34)13-8-14-27/h3-7,9-12,34H,8,13-18,20-21H2,1-2H3. The van der Waals surface area contributed by atoms with Crippen molar-refractivity contribution >= 4 is 11.7 Å². The first kappa shape index (κ1) is 22.9. The van der Waals surface area contributed by atoms with Crippen molar-refractivity contribution < 1.29 is 9.90 Å². The SMILES string of the molecule is CN(C)C1(c2ccccc2)CCC2(CC1)CN(c1ccccc1C#N)C(=O)N2CC1(O)CCC1. The zero-order valence-corrected chi connectivity index (χ0v) is 20.2. The van der Waals surface area contributed by atoms with E-state index >= 15 is 0 Å². The lowest BCUT2D eigenvalue weighted by Crippen LogP contribution is -2.59. The van der Waals surface area contributed by atoms with Crippen LogP contribution in [0, 0.1) is 11.3 Å². The smallest absolute Gasteiger partial charge is 0.325 e. The van der Waals surface area contributed by atoms with Crippen molar-refractivity contribution in [1.29, 1.82) is 5.26 Å². The van der Waals surface area contributed by atoms with Crippen molar-refractivity contribution in [2.45, 2.75) is 61.6 Å². The molecule has 34 heavy (non-hydrogen) atoms. The number of para-hydroxylation sites is 1. The summed E-state index contributed by atoms with van der Waals surface area (Å²) in [7, 11) is 4.30. The van der Waals surface area contributed by atoms with Gasteiger partial charge in [0.1, 0.15) is 6.07 Å². The number of nitrogens with zero attached hydrogens (tertiary/aromatic N) is 4. The van der Waals surface area contributed by atoms with Gasteiger partial charge in [0.15, 0.2) is 0 Å². The lowest BCUT2D eigenvalue weighted by molar-refractivity contribution is -0.0725. The van der Waals surface area contributed by atoms with Gasteiger partial charge in [0.25, 0.3) is 0 Å². The van der Waals surface area contributed by atoms with E-state index in [9.17, 15) is 15.2 Å². The molecule has 0 unspecified atom stereocenters. The van der Waals surface area contributed by atoms with Gasteiger partial charge in [0.05, 0.1) is 35.5 Å². The van der Waals surface area contributed by atoms with Crippen molar-refractivity contribution in [3.63, 3.8) is 0 Å². The first-order chi connectivity index (χ1) is 16.3. The highest BCUT2D eigenvalue weighted by Gasteiger charge is 2.56. The van der Waals surface area contributed by atoms with Crippen LogP contribution in [0.4, 0.5) is 10.5 Å². The lowest BCUT2D eigenvalue weighted by Gasteiger charge is -2.52. The summed E-state index contributed by atoms with van der Waals surface area (Å²) in [6, 6.07) is 20.2. The molecule has 0 aromatic heterocycles. The van der Waals surface area contributed by atoms with Gasteiger partial charge >= 0.3 is 6.03 Å². The van der Waals surface area contributed by atoms with Crippen molar-refractivity contribution in [2.24, 2.45) is 0 Å². The van der Waals surface area contributed by atoms with Gasteiger partial charge in [-0.05, 0) is 76.7 Å². The molecule has 2 aromatic rings. The molecule has 2 aliphatic carbocycles. The molecule has 1 saturated heterocycles. The Hall–Kier alpha value is -2.88. The number of hydrogen-bond donors (Lipinski definition) is 1. The van der Waals surface area contributed by atoms with E-state index in [1.54, 1.807) is 11.0 Å². The molecule has 0 radical (unpaired) electrons. The largest absolute Gasteiger partial charge is 0.388 e. The third kappa shape index (κ3) is 3.59. The predicted molar refractivity (Wildman–Crippen MR) is 132 cm³/mol. The molecule has 1 aliphatic heterocycles. The lowest BCUT2D eigenvalue weighted by atomic mass is 9.67. The maximum Gasteiger partial charge on any atom is 0.325 e. The van der Waals surface area contributed by atoms with Gasteiger partial charge in [-0.1, -0.05) is 42.5 Å². The molecule has 1 spiro atoms. The van der Waals surface area contributed by atoms with Crippen LogP contribution in [0.3, 0.4) is 0 Å². The highest BCUT2D eigenvalue weighted by atomic mass is 16.3. The zero-order chi connectivity index (χ0) is 24.0. The summed E-state index contributed by atoms with van der Waals surface area (Å²) in [6.45, 7) is 0.927. The number of urea groups is 1. The first-order valence-electron chi connectivity index (χ1n) is 12.4. The van der Waals surface area contributed by atoms with Gasteiger partial charge in [0, 0.05) is 5.54 Å². The average molecular weight is 459 g/mol. The number of aliphatic hydroxyl groups is 1. The highest BCUT2D eigenvalue weighted by molar-refractivity contribution is 5.96. The number of benzene rings is 2. The fourth-order valence-corrected chi connectivity index (χ4v) is 6.36. The second-order valence-corrected chi connectivity index (χ2v) is 10.7. The molecule has 1 heterocycles. The Balaban J connectivity index is 1.49. The Labute approximate surface area is 202 Å². The van der Waals surface area contributed by atoms with E-state index in [1.165, 1.54) is 5.56 Å². The number of amides is 2. The minimum absolute atomic E-state index is 0.0768. The van der Waals surface area contributed by atoms with Crippen LogP contribution in [0.1, 0.15) is 56.1 Å². The zero-order valence-electron chi connectivity index (χ0n) is 20.2. The number of anilines is 1. The van der Waals surface area contributed by atoms with Gasteiger partial charge in [-0.3, -0.25) is 9.80 Å². The quantitative estimate of drug-likeness (QED) is 0.717. The normalized spacial score (nSPS) is 28.3. The summed E-state index contributed by atoms with van der Waals surface area (Å²) in [5.41, 5.74) is 1.28. The molecule has 3 fully saturated rings. The number of carbonyl (C=O) groups excluding carboxylic acids is 1. The van der Waals surface area contributed by atoms with E-state index in [1.807, 2.05) is 23.1 Å². The third-order valence-electron chi connectivity index (χ3n) is 8.71. The summed E-state index contributed by atoms with van der Waals surface area (Å²) in [5.74, 6) is 0. The Kier molecular flexibility index (Phi) is 5.66. The van der Waals surface area contributed by atoms with Gasteiger partial charge in [-0.2, -0.15) is 5.26 Å². The van der Waals surface area contributed by atoms with Crippen molar-refractivity contribution in [3.05, 3.63) is 65.7 Å². The van der Waals surface area contributed by atoms with Crippen molar-refractivity contribution in [2.75, 3.05) is 32.1 Å². The molecule has 2 amide bonds. The van der Waals surface area contributed by atoms with Crippen LogP contribution in [0.2, 0.25) is 0 Å². The van der Waals surface area contributed by atoms with Crippen LogP contribution >= 0.6 is 0 Å². The van der Waals surface area contributed by atoms with Crippen molar-refractivity contribution in [3.8, 4) is 6.07 Å². The van der Waals surface area contributed by atoms with Crippen LogP contribution in [-0.4, -0.2) is 59.3 Å². The summed E-state index contributed by atoms with van der Waals surface area (Å²) in [5, 5.41) is 20.7. The number of nitriles is 1. The van der Waals surface area contributed by atoms with Crippen LogP contribution in [0.15, 0.2) is 54.6 Å². The van der Waals surface area contributed by atoms with E-state index in [0.29, 0.717) is 24.3 Å². The van der Waals surface area contributed by atoms with Gasteiger partial charge in [0.2, 0.25) is 0 Å². The maximum atomic E-state index is 13.9. The average Bonchev–Trinajstić information content (AvgIpc) is 3.10. The number of hydrogen-bond acceptors (Lipinski definition) is 4. The molecule has 5 rings (SSSR count). The Morgan fingerprint density at radius 1 is 0.971 bits per heavy atom. The summed E-state index contributed by atoms with van der Waals surface area (Å²) < 4.78 is 0. The molecule has 6 nitrogen and oxygen atoms in total. The maximum absolute atomic E-state index is 13.9. The molecular weight excluding hydrogens is 424 g/mol. The summed E-state index contributed by atoms with van der Waals surface area (Å²) >= 11 is 0. The molecular formula is C28H34N4O2. The summed E-state index contributed by atoms with van der Waals surface area (Å²) in [6.07, 6.45) is 6.06. The van der Waals surface area contributed by atoms with E-state index < -0.39 is 5.60 Å².